The third kappa shape index (κ3) is 29.6. The van der Waals surface area contributed by atoms with Crippen molar-refractivity contribution >= 4 is 0 Å². The highest BCUT2D eigenvalue weighted by atomic mass is 17.2. The first-order chi connectivity index (χ1) is 25.1. The van der Waals surface area contributed by atoms with Crippen LogP contribution in [0.5, 0.6) is 0 Å². The van der Waals surface area contributed by atoms with Crippen molar-refractivity contribution in [3.05, 3.63) is 24.3 Å². The van der Waals surface area contributed by atoms with E-state index < -0.39 is 0 Å². The van der Waals surface area contributed by atoms with Gasteiger partial charge in [-0.05, 0) is 68.6 Å². The van der Waals surface area contributed by atoms with Gasteiger partial charge >= 0.3 is 0 Å². The van der Waals surface area contributed by atoms with Crippen molar-refractivity contribution in [1.82, 2.24) is 0 Å². The van der Waals surface area contributed by atoms with Gasteiger partial charge in [-0.3, -0.25) is 0 Å². The molecule has 0 aromatic rings. The van der Waals surface area contributed by atoms with Gasteiger partial charge in [-0.2, -0.15) is 0 Å². The zero-order valence-electron chi connectivity index (χ0n) is 36.4. The first-order valence-corrected chi connectivity index (χ1v) is 22.5. The molecular weight excluding hydrogens is 645 g/mol. The average molecular weight is 737 g/mol. The van der Waals surface area contributed by atoms with Gasteiger partial charge in [0.15, 0.2) is 0 Å². The van der Waals surface area contributed by atoms with E-state index in [2.05, 4.69) is 80.4 Å². The summed E-state index contributed by atoms with van der Waals surface area (Å²) in [6.45, 7) is 9.40. The summed E-state index contributed by atoms with van der Waals surface area (Å²) in [4.78, 5) is 21.5. The van der Waals surface area contributed by atoms with Crippen LogP contribution >= 0.6 is 0 Å². The Bertz CT molecular complexity index is 833. The second-order valence-corrected chi connectivity index (χ2v) is 18.2. The maximum atomic E-state index is 5.41. The van der Waals surface area contributed by atoms with Crippen molar-refractivity contribution in [2.45, 2.75) is 168 Å². The average Bonchev–Trinajstić information content (AvgIpc) is 3.09. The van der Waals surface area contributed by atoms with Crippen molar-refractivity contribution in [3.8, 4) is 0 Å². The zero-order valence-corrected chi connectivity index (χ0v) is 36.4. The second kappa shape index (κ2) is 32.5. The van der Waals surface area contributed by atoms with Crippen LogP contribution in [0.15, 0.2) is 24.3 Å². The molecule has 0 bridgehead atoms. The number of nitrogens with zero attached hydrogens (tertiary/aromatic N) is 2. The fourth-order valence-corrected chi connectivity index (χ4v) is 7.55. The molecule has 1 aliphatic rings. The van der Waals surface area contributed by atoms with Crippen LogP contribution in [0.2, 0.25) is 0 Å². The molecule has 3 unspecified atom stereocenters. The Morgan fingerprint density at radius 3 is 1.37 bits per heavy atom. The Balaban J connectivity index is 2.52. The summed E-state index contributed by atoms with van der Waals surface area (Å²) in [6.07, 6.45) is 42.5. The molecule has 4 atom stereocenters. The Morgan fingerprint density at radius 1 is 0.442 bits per heavy atom. The number of rotatable bonds is 37. The van der Waals surface area contributed by atoms with E-state index in [0.717, 1.165) is 71.8 Å². The lowest BCUT2D eigenvalue weighted by atomic mass is 9.66. The summed E-state index contributed by atoms with van der Waals surface area (Å²) < 4.78 is 1.81. The molecule has 6 heteroatoms. The minimum Gasteiger partial charge on any atom is -0.329 e. The Morgan fingerprint density at radius 2 is 0.846 bits per heavy atom. The van der Waals surface area contributed by atoms with Gasteiger partial charge in [-0.25, -0.2) is 19.6 Å². The SMILES string of the molecule is CCCCCCC1C=C[C@@H](CCCCCCCCOOCC[N+](C)(C)C)C(/C=C\CCCCCCCCOOCC[N+](C)(C)C)C1CCCCCC. The van der Waals surface area contributed by atoms with Gasteiger partial charge in [0, 0.05) is 0 Å². The number of hydrogen-bond acceptors (Lipinski definition) is 4. The van der Waals surface area contributed by atoms with Gasteiger partial charge in [0.2, 0.25) is 0 Å². The zero-order chi connectivity index (χ0) is 38.2. The predicted octanol–water partition coefficient (Wildman–Crippen LogP) is 12.3. The van der Waals surface area contributed by atoms with Gasteiger partial charge in [-0.1, -0.05) is 147 Å². The third-order valence-corrected chi connectivity index (χ3v) is 11.0. The molecule has 0 N–H and O–H groups in total. The molecule has 6 nitrogen and oxygen atoms in total. The highest BCUT2D eigenvalue weighted by Crippen LogP contribution is 2.43. The minimum atomic E-state index is 0.666. The topological polar surface area (TPSA) is 36.9 Å². The molecule has 0 aromatic heterocycles. The summed E-state index contributed by atoms with van der Waals surface area (Å²) >= 11 is 0. The molecular formula is C46H92N2O4+2. The summed E-state index contributed by atoms with van der Waals surface area (Å²) in [6, 6.07) is 0. The Hall–Kier alpha value is -0.760. The molecule has 0 saturated heterocycles. The van der Waals surface area contributed by atoms with E-state index in [1.807, 2.05) is 0 Å². The van der Waals surface area contributed by atoms with Gasteiger partial charge in [-0.15, -0.1) is 0 Å². The number of quaternary nitrogens is 2. The molecule has 0 saturated carbocycles. The Kier molecular flexibility index (Phi) is 30.8. The van der Waals surface area contributed by atoms with Crippen LogP contribution in [-0.2, 0) is 19.6 Å². The molecule has 308 valence electrons. The van der Waals surface area contributed by atoms with Crippen molar-refractivity contribution in [2.24, 2.45) is 23.7 Å². The predicted molar refractivity (Wildman–Crippen MR) is 224 cm³/mol. The molecule has 0 radical (unpaired) electrons. The quantitative estimate of drug-likeness (QED) is 0.0209. The van der Waals surface area contributed by atoms with E-state index in [9.17, 15) is 0 Å². The summed E-state index contributed by atoms with van der Waals surface area (Å²) in [7, 11) is 13.1. The number of likely N-dealkylation sites (N-methyl/N-ethyl adjacent to an activating group) is 2. The molecule has 0 aromatic carbocycles. The van der Waals surface area contributed by atoms with Crippen molar-refractivity contribution in [2.75, 3.05) is 81.8 Å². The minimum absolute atomic E-state index is 0.666. The summed E-state index contributed by atoms with van der Waals surface area (Å²) in [5, 5.41) is 0. The number of allylic oxidation sites excluding steroid dienone is 4. The van der Waals surface area contributed by atoms with E-state index >= 15 is 0 Å². The van der Waals surface area contributed by atoms with E-state index in [-0.39, 0.29) is 0 Å². The van der Waals surface area contributed by atoms with Crippen LogP contribution in [0.4, 0.5) is 0 Å². The lowest BCUT2D eigenvalue weighted by Crippen LogP contribution is -2.37. The number of hydrogen-bond donors (Lipinski definition) is 0. The highest BCUT2D eigenvalue weighted by Gasteiger charge is 2.33. The van der Waals surface area contributed by atoms with Crippen LogP contribution in [0.25, 0.3) is 0 Å². The smallest absolute Gasteiger partial charge is 0.131 e. The van der Waals surface area contributed by atoms with Gasteiger partial charge in [0.25, 0.3) is 0 Å². The Labute approximate surface area is 325 Å². The van der Waals surface area contributed by atoms with E-state index in [1.54, 1.807) is 0 Å². The monoisotopic (exact) mass is 737 g/mol. The maximum absolute atomic E-state index is 5.41. The highest BCUT2D eigenvalue weighted by molar-refractivity contribution is 5.10. The molecule has 0 amide bonds. The molecule has 0 spiro atoms. The van der Waals surface area contributed by atoms with Crippen molar-refractivity contribution < 1.29 is 28.5 Å². The maximum Gasteiger partial charge on any atom is 0.131 e. The van der Waals surface area contributed by atoms with Gasteiger partial charge < -0.3 is 8.97 Å². The fraction of sp³-hybridized carbons (Fsp3) is 0.913. The second-order valence-electron chi connectivity index (χ2n) is 18.2. The molecule has 52 heavy (non-hydrogen) atoms. The summed E-state index contributed by atoms with van der Waals surface area (Å²) in [5.74, 6) is 3.04. The molecule has 1 rings (SSSR count). The molecule has 1 aliphatic carbocycles. The normalized spacial score (nSPS) is 19.7. The van der Waals surface area contributed by atoms with Crippen molar-refractivity contribution in [3.63, 3.8) is 0 Å². The van der Waals surface area contributed by atoms with Gasteiger partial charge in [0.05, 0.1) is 55.5 Å². The standard InChI is InChI=1S/C46H92N2O4/c1-9-11-13-25-31-43-35-36-44(32-26-21-18-20-24-30-40-50-52-42-38-48(6,7)8)46(45(43)33-27-14-12-10-2)34-28-22-17-15-16-19-23-29-39-49-51-41-37-47(3,4)5/h28,34-36,43-46H,9-27,29-33,37-42H2,1-8H3/q+2/b34-28-/t43?,44-,45?,46?/m1/s1. The van der Waals surface area contributed by atoms with Crippen LogP contribution < -0.4 is 0 Å². The van der Waals surface area contributed by atoms with Crippen LogP contribution in [-0.4, -0.2) is 90.8 Å². The third-order valence-electron chi connectivity index (χ3n) is 11.0. The van der Waals surface area contributed by atoms with Crippen molar-refractivity contribution in [1.29, 1.82) is 0 Å². The lowest BCUT2D eigenvalue weighted by molar-refractivity contribution is -0.871. The fourth-order valence-electron chi connectivity index (χ4n) is 7.55. The lowest BCUT2D eigenvalue weighted by Gasteiger charge is -2.39. The number of unbranched alkanes of at least 4 members (excludes halogenated alkanes) is 17. The first-order valence-electron chi connectivity index (χ1n) is 22.5. The van der Waals surface area contributed by atoms with E-state index in [0.29, 0.717) is 13.2 Å². The van der Waals surface area contributed by atoms with Crippen LogP contribution in [0.1, 0.15) is 168 Å². The molecule has 0 heterocycles. The summed E-state index contributed by atoms with van der Waals surface area (Å²) in [5.41, 5.74) is 0. The molecule has 0 aliphatic heterocycles. The largest absolute Gasteiger partial charge is 0.329 e. The van der Waals surface area contributed by atoms with Crippen LogP contribution in [0.3, 0.4) is 0 Å². The molecule has 0 fully saturated rings. The van der Waals surface area contributed by atoms with Gasteiger partial charge in [0.1, 0.15) is 26.3 Å². The van der Waals surface area contributed by atoms with E-state index in [1.165, 1.54) is 141 Å². The van der Waals surface area contributed by atoms with E-state index in [4.69, 9.17) is 19.6 Å². The first kappa shape index (κ1) is 49.3. The van der Waals surface area contributed by atoms with Crippen LogP contribution in [0, 0.1) is 23.7 Å².